The second-order valence-corrected chi connectivity index (χ2v) is 7.13. The average molecular weight is 397 g/mol. The molecule has 3 rings (SSSR count). The molecular formula is C15H13BrN2O2S2. The molecule has 0 aliphatic carbocycles. The molecule has 2 N–H and O–H groups in total. The van der Waals surface area contributed by atoms with Gasteiger partial charge in [0, 0.05) is 21.3 Å². The molecule has 0 saturated carbocycles. The van der Waals surface area contributed by atoms with E-state index < -0.39 is 0 Å². The number of thiocarbonyl (C=S) groups is 1. The van der Waals surface area contributed by atoms with E-state index >= 15 is 0 Å². The van der Waals surface area contributed by atoms with Crippen molar-refractivity contribution in [2.45, 2.75) is 18.6 Å². The van der Waals surface area contributed by atoms with Crippen molar-refractivity contribution in [1.82, 2.24) is 10.6 Å². The summed E-state index contributed by atoms with van der Waals surface area (Å²) in [6.07, 6.45) is 1.29. The maximum Gasteiger partial charge on any atom is 0.213 e. The number of nitrogens with one attached hydrogen (secondary N) is 2. The second kappa shape index (κ2) is 6.76. The maximum absolute atomic E-state index is 10.5. The molecule has 0 spiro atoms. The number of carbonyl (C=O) groups is 1. The third-order valence-corrected chi connectivity index (χ3v) is 5.12. The monoisotopic (exact) mass is 396 g/mol. The minimum absolute atomic E-state index is 0.0201. The third kappa shape index (κ3) is 3.31. The highest BCUT2D eigenvalue weighted by Gasteiger charge is 2.30. The van der Waals surface area contributed by atoms with Gasteiger partial charge in [0.1, 0.15) is 11.9 Å². The van der Waals surface area contributed by atoms with E-state index in [2.05, 4.69) is 32.6 Å². The van der Waals surface area contributed by atoms with Crippen LogP contribution >= 0.6 is 39.5 Å². The molecule has 1 aromatic carbocycles. The van der Waals surface area contributed by atoms with E-state index in [1.165, 1.54) is 4.88 Å². The average Bonchev–Trinajstić information content (AvgIpc) is 3.02. The molecule has 1 aliphatic heterocycles. The lowest BCUT2D eigenvalue weighted by Gasteiger charge is -2.33. The third-order valence-electron chi connectivity index (χ3n) is 3.42. The minimum atomic E-state index is -0.0230. The Kier molecular flexibility index (Phi) is 4.75. The number of hydrogen-bond acceptors (Lipinski definition) is 4. The fraction of sp³-hybridized carbons (Fsp3) is 0.200. The van der Waals surface area contributed by atoms with Gasteiger partial charge in [0.25, 0.3) is 0 Å². The maximum atomic E-state index is 10.5. The zero-order chi connectivity index (χ0) is 15.5. The molecule has 2 heterocycles. The van der Waals surface area contributed by atoms with Gasteiger partial charge in [-0.1, -0.05) is 22.0 Å². The molecule has 0 bridgehead atoms. The SMILES string of the molecule is O=CNC(=S)NC1CC(c2cccs2)Oc2ccc(Br)cc21. The number of amides is 1. The second-order valence-electron chi connectivity index (χ2n) is 4.83. The standard InChI is InChI=1S/C15H13BrN2O2S2/c16-9-3-4-12-10(6-9)11(18-15(21)17-8-19)7-13(20-12)14-2-1-5-22-14/h1-6,8,11,13H,7H2,(H2,17,18,19,21). The Hall–Kier alpha value is -1.44. The summed E-state index contributed by atoms with van der Waals surface area (Å²) in [5.74, 6) is 0.833. The minimum Gasteiger partial charge on any atom is -0.484 e. The zero-order valence-corrected chi connectivity index (χ0v) is 14.6. The molecule has 0 fully saturated rings. The first-order valence-electron chi connectivity index (χ1n) is 6.67. The fourth-order valence-corrected chi connectivity index (χ4v) is 3.82. The van der Waals surface area contributed by atoms with Crippen molar-refractivity contribution in [2.24, 2.45) is 0 Å². The van der Waals surface area contributed by atoms with E-state index in [1.807, 2.05) is 29.6 Å². The molecule has 4 nitrogen and oxygen atoms in total. The van der Waals surface area contributed by atoms with Crippen LogP contribution in [0.4, 0.5) is 0 Å². The Labute approximate surface area is 146 Å². The van der Waals surface area contributed by atoms with Gasteiger partial charge in [-0.05, 0) is 41.9 Å². The van der Waals surface area contributed by atoms with Gasteiger partial charge in [-0.3, -0.25) is 4.79 Å². The van der Waals surface area contributed by atoms with Crippen LogP contribution in [-0.2, 0) is 4.79 Å². The van der Waals surface area contributed by atoms with E-state index in [9.17, 15) is 4.79 Å². The molecule has 1 amide bonds. The van der Waals surface area contributed by atoms with E-state index in [1.54, 1.807) is 11.3 Å². The van der Waals surface area contributed by atoms with E-state index in [-0.39, 0.29) is 12.1 Å². The smallest absolute Gasteiger partial charge is 0.213 e. The Morgan fingerprint density at radius 2 is 2.32 bits per heavy atom. The van der Waals surface area contributed by atoms with E-state index in [4.69, 9.17) is 17.0 Å². The van der Waals surface area contributed by atoms with Crippen molar-refractivity contribution in [3.63, 3.8) is 0 Å². The summed E-state index contributed by atoms with van der Waals surface area (Å²) in [6, 6.07) is 9.98. The van der Waals surface area contributed by atoms with Crippen LogP contribution in [0.15, 0.2) is 40.2 Å². The Bertz CT molecular complexity index is 691. The topological polar surface area (TPSA) is 50.4 Å². The predicted octanol–water partition coefficient (Wildman–Crippen LogP) is 3.70. The molecule has 0 saturated heterocycles. The van der Waals surface area contributed by atoms with Gasteiger partial charge < -0.3 is 15.4 Å². The molecule has 1 aromatic heterocycles. The van der Waals surface area contributed by atoms with Crippen molar-refractivity contribution in [3.8, 4) is 5.75 Å². The summed E-state index contributed by atoms with van der Waals surface area (Å²) in [5, 5.41) is 8.02. The molecule has 2 unspecified atom stereocenters. The van der Waals surface area contributed by atoms with Gasteiger partial charge in [-0.25, -0.2) is 0 Å². The highest BCUT2D eigenvalue weighted by molar-refractivity contribution is 9.10. The van der Waals surface area contributed by atoms with Crippen molar-refractivity contribution < 1.29 is 9.53 Å². The molecule has 7 heteroatoms. The van der Waals surface area contributed by atoms with Crippen molar-refractivity contribution in [3.05, 3.63) is 50.6 Å². The lowest BCUT2D eigenvalue weighted by atomic mass is 9.96. The van der Waals surface area contributed by atoms with E-state index in [0.29, 0.717) is 11.5 Å². The van der Waals surface area contributed by atoms with E-state index in [0.717, 1.165) is 22.2 Å². The number of ether oxygens (including phenoxy) is 1. The van der Waals surface area contributed by atoms with Gasteiger partial charge in [-0.15, -0.1) is 11.3 Å². The number of halogens is 1. The summed E-state index contributed by atoms with van der Waals surface area (Å²) in [7, 11) is 0. The summed E-state index contributed by atoms with van der Waals surface area (Å²) in [4.78, 5) is 11.7. The Balaban J connectivity index is 1.90. The van der Waals surface area contributed by atoms with Gasteiger partial charge in [-0.2, -0.15) is 0 Å². The number of fused-ring (bicyclic) bond motifs is 1. The Morgan fingerprint density at radius 3 is 3.05 bits per heavy atom. The highest BCUT2D eigenvalue weighted by atomic mass is 79.9. The van der Waals surface area contributed by atoms with Crippen molar-refractivity contribution >= 4 is 51.0 Å². The lowest BCUT2D eigenvalue weighted by molar-refractivity contribution is -0.108. The van der Waals surface area contributed by atoms with Crippen LogP contribution in [0.5, 0.6) is 5.75 Å². The molecule has 1 aliphatic rings. The first kappa shape index (κ1) is 15.5. The molecular weight excluding hydrogens is 384 g/mol. The number of thiophene rings is 1. The fourth-order valence-electron chi connectivity index (χ4n) is 2.48. The van der Waals surface area contributed by atoms with Gasteiger partial charge in [0.2, 0.25) is 6.41 Å². The van der Waals surface area contributed by atoms with Crippen LogP contribution in [0, 0.1) is 0 Å². The predicted molar refractivity (Wildman–Crippen MR) is 94.1 cm³/mol. The van der Waals surface area contributed by atoms with Crippen LogP contribution in [-0.4, -0.2) is 11.5 Å². The van der Waals surface area contributed by atoms with Gasteiger partial charge in [0.15, 0.2) is 5.11 Å². The molecule has 22 heavy (non-hydrogen) atoms. The van der Waals surface area contributed by atoms with Crippen LogP contribution < -0.4 is 15.4 Å². The highest BCUT2D eigenvalue weighted by Crippen LogP contribution is 2.42. The molecule has 0 radical (unpaired) electrons. The van der Waals surface area contributed by atoms with Crippen LogP contribution in [0.2, 0.25) is 0 Å². The lowest BCUT2D eigenvalue weighted by Crippen LogP contribution is -2.39. The number of benzene rings is 1. The summed E-state index contributed by atoms with van der Waals surface area (Å²) in [6.45, 7) is 0. The molecule has 2 aromatic rings. The summed E-state index contributed by atoms with van der Waals surface area (Å²) >= 11 is 10.3. The van der Waals surface area contributed by atoms with Crippen molar-refractivity contribution in [1.29, 1.82) is 0 Å². The molecule has 2 atom stereocenters. The van der Waals surface area contributed by atoms with Gasteiger partial charge in [0.05, 0.1) is 6.04 Å². The first-order valence-corrected chi connectivity index (χ1v) is 8.75. The Morgan fingerprint density at radius 1 is 1.45 bits per heavy atom. The number of rotatable bonds is 3. The number of hydrogen-bond donors (Lipinski definition) is 2. The summed E-state index contributed by atoms with van der Waals surface area (Å²) < 4.78 is 7.10. The van der Waals surface area contributed by atoms with Crippen LogP contribution in [0.1, 0.15) is 29.0 Å². The van der Waals surface area contributed by atoms with Gasteiger partial charge >= 0.3 is 0 Å². The number of carbonyl (C=O) groups excluding carboxylic acids is 1. The normalized spacial score (nSPS) is 19.7. The molecule has 114 valence electrons. The van der Waals surface area contributed by atoms with Crippen LogP contribution in [0.3, 0.4) is 0 Å². The zero-order valence-electron chi connectivity index (χ0n) is 11.4. The van der Waals surface area contributed by atoms with Crippen molar-refractivity contribution in [2.75, 3.05) is 0 Å². The van der Waals surface area contributed by atoms with Crippen LogP contribution in [0.25, 0.3) is 0 Å². The quantitative estimate of drug-likeness (QED) is 0.613. The first-order chi connectivity index (χ1) is 10.7. The summed E-state index contributed by atoms with van der Waals surface area (Å²) in [5.41, 5.74) is 1.03. The largest absolute Gasteiger partial charge is 0.484 e.